The number of benzene rings is 1. The number of aromatic amines is 1. The van der Waals surface area contributed by atoms with Crippen molar-refractivity contribution in [1.29, 1.82) is 0 Å². The second-order valence-corrected chi connectivity index (χ2v) is 4.82. The molecule has 5 heteroatoms. The van der Waals surface area contributed by atoms with Gasteiger partial charge in [0.2, 0.25) is 5.91 Å². The predicted molar refractivity (Wildman–Crippen MR) is 73.8 cm³/mol. The first-order valence-electron chi connectivity index (χ1n) is 6.63. The summed E-state index contributed by atoms with van der Waals surface area (Å²) in [5, 5.41) is 14.1. The van der Waals surface area contributed by atoms with E-state index in [-0.39, 0.29) is 5.91 Å². The minimum Gasteiger partial charge on any atom is -0.548 e. The monoisotopic (exact) mass is 273 g/mol. The lowest BCUT2D eigenvalue weighted by Gasteiger charge is -2.14. The van der Waals surface area contributed by atoms with Crippen molar-refractivity contribution in [2.24, 2.45) is 0 Å². The van der Waals surface area contributed by atoms with Crippen molar-refractivity contribution in [3.63, 3.8) is 0 Å². The number of para-hydroxylation sites is 1. The molecule has 1 heterocycles. The van der Waals surface area contributed by atoms with Gasteiger partial charge in [-0.3, -0.25) is 4.79 Å². The van der Waals surface area contributed by atoms with Gasteiger partial charge in [-0.25, -0.2) is 0 Å². The van der Waals surface area contributed by atoms with E-state index in [0.717, 1.165) is 17.3 Å². The highest BCUT2D eigenvalue weighted by Crippen LogP contribution is 2.19. The second-order valence-electron chi connectivity index (χ2n) is 4.82. The molecule has 0 unspecified atom stereocenters. The maximum Gasteiger partial charge on any atom is 0.220 e. The Bertz CT molecular complexity index is 618. The first-order valence-corrected chi connectivity index (χ1v) is 6.63. The average molecular weight is 273 g/mol. The number of hydrogen-bond acceptors (Lipinski definition) is 3. The van der Waals surface area contributed by atoms with E-state index in [1.54, 1.807) is 0 Å². The molecule has 0 fully saturated rings. The smallest absolute Gasteiger partial charge is 0.220 e. The molecule has 1 amide bonds. The van der Waals surface area contributed by atoms with E-state index in [1.807, 2.05) is 30.5 Å². The minimum absolute atomic E-state index is 0.262. The molecule has 20 heavy (non-hydrogen) atoms. The van der Waals surface area contributed by atoms with Crippen LogP contribution in [0.1, 0.15) is 25.3 Å². The van der Waals surface area contributed by atoms with Crippen LogP contribution in [0.2, 0.25) is 0 Å². The van der Waals surface area contributed by atoms with Gasteiger partial charge in [-0.2, -0.15) is 0 Å². The van der Waals surface area contributed by atoms with Crippen LogP contribution in [0.4, 0.5) is 0 Å². The SMILES string of the molecule is C[C@H](NC(=O)CCCc1c[nH]c2ccccc12)C(=O)[O-]. The fourth-order valence-corrected chi connectivity index (χ4v) is 2.15. The van der Waals surface area contributed by atoms with E-state index in [1.165, 1.54) is 12.5 Å². The summed E-state index contributed by atoms with van der Waals surface area (Å²) < 4.78 is 0. The Hall–Kier alpha value is -2.30. The molecular weight excluding hydrogens is 256 g/mol. The lowest BCUT2D eigenvalue weighted by atomic mass is 10.1. The van der Waals surface area contributed by atoms with E-state index in [9.17, 15) is 14.7 Å². The molecule has 0 saturated carbocycles. The van der Waals surface area contributed by atoms with Crippen LogP contribution in [0, 0.1) is 0 Å². The van der Waals surface area contributed by atoms with Crippen molar-refractivity contribution >= 4 is 22.8 Å². The molecule has 0 aliphatic heterocycles. The van der Waals surface area contributed by atoms with Crippen LogP contribution in [0.5, 0.6) is 0 Å². The molecule has 0 saturated heterocycles. The number of carbonyl (C=O) groups excluding carboxylic acids is 2. The van der Waals surface area contributed by atoms with Crippen molar-refractivity contribution in [2.45, 2.75) is 32.2 Å². The maximum absolute atomic E-state index is 11.5. The van der Waals surface area contributed by atoms with Crippen LogP contribution < -0.4 is 10.4 Å². The number of rotatable bonds is 6. The highest BCUT2D eigenvalue weighted by Gasteiger charge is 2.08. The summed E-state index contributed by atoms with van der Waals surface area (Å²) in [6, 6.07) is 7.05. The number of aryl methyl sites for hydroxylation is 1. The zero-order valence-electron chi connectivity index (χ0n) is 11.3. The molecule has 0 spiro atoms. The van der Waals surface area contributed by atoms with Crippen LogP contribution in [0.15, 0.2) is 30.5 Å². The highest BCUT2D eigenvalue weighted by atomic mass is 16.4. The van der Waals surface area contributed by atoms with E-state index >= 15 is 0 Å². The summed E-state index contributed by atoms with van der Waals surface area (Å²) in [6.45, 7) is 1.40. The van der Waals surface area contributed by atoms with Gasteiger partial charge >= 0.3 is 0 Å². The second kappa shape index (κ2) is 6.23. The summed E-state index contributed by atoms with van der Waals surface area (Å²) in [5.74, 6) is -1.53. The van der Waals surface area contributed by atoms with Crippen molar-refractivity contribution in [2.75, 3.05) is 0 Å². The zero-order chi connectivity index (χ0) is 14.5. The summed E-state index contributed by atoms with van der Waals surface area (Å²) >= 11 is 0. The van der Waals surface area contributed by atoms with Gasteiger partial charge in [0.05, 0.1) is 12.0 Å². The lowest BCUT2D eigenvalue weighted by molar-refractivity contribution is -0.307. The molecular formula is C15H17N2O3-. The Morgan fingerprint density at radius 2 is 2.10 bits per heavy atom. The van der Waals surface area contributed by atoms with Gasteiger partial charge in [-0.1, -0.05) is 18.2 Å². The van der Waals surface area contributed by atoms with Crippen molar-refractivity contribution in [1.82, 2.24) is 10.3 Å². The Morgan fingerprint density at radius 3 is 2.85 bits per heavy atom. The van der Waals surface area contributed by atoms with Gasteiger partial charge in [-0.15, -0.1) is 0 Å². The third kappa shape index (κ3) is 3.38. The number of carboxylic acid groups (broad SMARTS) is 1. The molecule has 0 radical (unpaired) electrons. The number of aromatic nitrogens is 1. The van der Waals surface area contributed by atoms with E-state index in [4.69, 9.17) is 0 Å². The maximum atomic E-state index is 11.5. The Kier molecular flexibility index (Phi) is 4.40. The van der Waals surface area contributed by atoms with Crippen LogP contribution in [0.3, 0.4) is 0 Å². The Morgan fingerprint density at radius 1 is 1.35 bits per heavy atom. The van der Waals surface area contributed by atoms with Crippen molar-refractivity contribution < 1.29 is 14.7 Å². The number of H-pyrrole nitrogens is 1. The number of amides is 1. The number of hydrogen-bond donors (Lipinski definition) is 2. The van der Waals surface area contributed by atoms with Gasteiger partial charge in [0.15, 0.2) is 0 Å². The normalized spacial score (nSPS) is 12.2. The zero-order valence-corrected chi connectivity index (χ0v) is 11.3. The molecule has 106 valence electrons. The summed E-state index contributed by atoms with van der Waals surface area (Å²) in [5.41, 5.74) is 2.25. The Balaban J connectivity index is 1.84. The predicted octanol–water partition coefficient (Wildman–Crippen LogP) is 0.745. The molecule has 0 aliphatic carbocycles. The first kappa shape index (κ1) is 14.1. The number of carboxylic acids is 1. The van der Waals surface area contributed by atoms with Gasteiger partial charge in [0.25, 0.3) is 0 Å². The van der Waals surface area contributed by atoms with Crippen molar-refractivity contribution in [3.05, 3.63) is 36.0 Å². The third-order valence-electron chi connectivity index (χ3n) is 3.26. The minimum atomic E-state index is -1.27. The van der Waals surface area contributed by atoms with Gasteiger partial charge in [-0.05, 0) is 31.4 Å². The largest absolute Gasteiger partial charge is 0.548 e. The molecule has 1 atom stereocenters. The summed E-state index contributed by atoms with van der Waals surface area (Å²) in [4.78, 5) is 25.2. The van der Waals surface area contributed by atoms with E-state index < -0.39 is 12.0 Å². The molecule has 1 aromatic heterocycles. The molecule has 0 bridgehead atoms. The lowest BCUT2D eigenvalue weighted by Crippen LogP contribution is -2.45. The Labute approximate surface area is 117 Å². The van der Waals surface area contributed by atoms with Crippen LogP contribution in [-0.2, 0) is 16.0 Å². The quantitative estimate of drug-likeness (QED) is 0.814. The fourth-order valence-electron chi connectivity index (χ4n) is 2.15. The average Bonchev–Trinajstić information content (AvgIpc) is 2.82. The summed E-state index contributed by atoms with van der Waals surface area (Å²) in [7, 11) is 0. The summed E-state index contributed by atoms with van der Waals surface area (Å²) in [6.07, 6.45) is 3.70. The molecule has 1 aromatic carbocycles. The van der Waals surface area contributed by atoms with E-state index in [2.05, 4.69) is 10.3 Å². The van der Waals surface area contributed by atoms with Gasteiger partial charge in [0.1, 0.15) is 0 Å². The number of nitrogens with one attached hydrogen (secondary N) is 2. The standard InChI is InChI=1S/C15H18N2O3/c1-10(15(19)20)17-14(18)8-4-5-11-9-16-13-7-3-2-6-12(11)13/h2-3,6-7,9-10,16H,4-5,8H2,1H3,(H,17,18)(H,19,20)/p-1/t10-/m0/s1. The van der Waals surface area contributed by atoms with Crippen LogP contribution in [-0.4, -0.2) is 22.9 Å². The van der Waals surface area contributed by atoms with Gasteiger partial charge < -0.3 is 20.2 Å². The van der Waals surface area contributed by atoms with E-state index in [0.29, 0.717) is 12.8 Å². The molecule has 2 N–H and O–H groups in total. The molecule has 5 nitrogen and oxygen atoms in total. The molecule has 2 aromatic rings. The van der Waals surface area contributed by atoms with Crippen LogP contribution in [0.25, 0.3) is 10.9 Å². The molecule has 0 aliphatic rings. The number of aliphatic carboxylic acids is 1. The highest BCUT2D eigenvalue weighted by molar-refractivity contribution is 5.84. The first-order chi connectivity index (χ1) is 9.58. The topological polar surface area (TPSA) is 85.0 Å². The number of fused-ring (bicyclic) bond motifs is 1. The van der Waals surface area contributed by atoms with Gasteiger partial charge in [0, 0.05) is 23.5 Å². The van der Waals surface area contributed by atoms with Crippen LogP contribution >= 0.6 is 0 Å². The number of carbonyl (C=O) groups is 2. The van der Waals surface area contributed by atoms with Crippen molar-refractivity contribution in [3.8, 4) is 0 Å². The fraction of sp³-hybridized carbons (Fsp3) is 0.333. The third-order valence-corrected chi connectivity index (χ3v) is 3.26. The molecule has 2 rings (SSSR count).